The molecule has 0 saturated carbocycles. The van der Waals surface area contributed by atoms with Crippen LogP contribution in [0, 0.1) is 0 Å². The minimum Gasteiger partial charge on any atom is -0.379 e. The molecule has 0 spiro atoms. The number of hydrogen-bond donors (Lipinski definition) is 0. The molecule has 4 nitrogen and oxygen atoms in total. The first kappa shape index (κ1) is 15.8. The Balaban J connectivity index is 3.20. The third-order valence-electron chi connectivity index (χ3n) is 2.45. The second-order valence-corrected chi connectivity index (χ2v) is 4.88. The number of rotatable bonds is 10. The van der Waals surface area contributed by atoms with Crippen LogP contribution in [0.2, 0.25) is 0 Å². The normalized spacial score (nSPS) is 12.0. The van der Waals surface area contributed by atoms with Crippen LogP contribution in [-0.2, 0) is 4.74 Å². The van der Waals surface area contributed by atoms with Crippen LogP contribution >= 0.6 is 0 Å². The summed E-state index contributed by atoms with van der Waals surface area (Å²) >= 11 is 0. The van der Waals surface area contributed by atoms with Crippen LogP contribution in [0.15, 0.2) is 0 Å². The van der Waals surface area contributed by atoms with E-state index < -0.39 is 0 Å². The van der Waals surface area contributed by atoms with Gasteiger partial charge < -0.3 is 19.4 Å². The summed E-state index contributed by atoms with van der Waals surface area (Å²) in [6.07, 6.45) is 1.22. The summed E-state index contributed by atoms with van der Waals surface area (Å²) in [6, 6.07) is 0. The fraction of sp³-hybridized carbons (Fsp3) is 1.00. The Kier molecular flexibility index (Phi) is 9.92. The molecule has 0 amide bonds. The minimum atomic E-state index is 0.832. The lowest BCUT2D eigenvalue weighted by atomic mass is 10.4. The van der Waals surface area contributed by atoms with Crippen LogP contribution in [0.5, 0.6) is 0 Å². The van der Waals surface area contributed by atoms with Crippen molar-refractivity contribution in [3.05, 3.63) is 0 Å². The summed E-state index contributed by atoms with van der Waals surface area (Å²) in [6.45, 7) is 6.01. The van der Waals surface area contributed by atoms with Gasteiger partial charge in [0.15, 0.2) is 0 Å². The fourth-order valence-corrected chi connectivity index (χ4v) is 1.34. The molecule has 0 aliphatic rings. The molecule has 4 heteroatoms. The monoisotopic (exact) mass is 231 g/mol. The Hall–Kier alpha value is -0.160. The molecule has 0 bridgehead atoms. The van der Waals surface area contributed by atoms with E-state index in [2.05, 4.69) is 49.9 Å². The SMILES string of the molecule is CN(C)CCCN(C)CCOCCN(C)C. The minimum absolute atomic E-state index is 0.832. The van der Waals surface area contributed by atoms with Gasteiger partial charge in [0.2, 0.25) is 0 Å². The molecule has 0 rings (SSSR count). The molecular formula is C12H29N3O. The molecule has 0 heterocycles. The highest BCUT2D eigenvalue weighted by Crippen LogP contribution is 1.90. The topological polar surface area (TPSA) is 19.0 Å². The van der Waals surface area contributed by atoms with E-state index in [9.17, 15) is 0 Å². The maximum absolute atomic E-state index is 5.55. The molecule has 0 radical (unpaired) electrons. The average molecular weight is 231 g/mol. The lowest BCUT2D eigenvalue weighted by Gasteiger charge is -2.18. The van der Waals surface area contributed by atoms with Crippen LogP contribution in [0.4, 0.5) is 0 Å². The summed E-state index contributed by atoms with van der Waals surface area (Å²) in [4.78, 5) is 6.70. The predicted octanol–water partition coefficient (Wildman–Crippen LogP) is 0.448. The smallest absolute Gasteiger partial charge is 0.0593 e. The van der Waals surface area contributed by atoms with Crippen LogP contribution in [-0.4, -0.2) is 89.3 Å². The van der Waals surface area contributed by atoms with E-state index in [1.165, 1.54) is 6.42 Å². The molecule has 0 saturated heterocycles. The summed E-state index contributed by atoms with van der Waals surface area (Å²) in [7, 11) is 10.5. The van der Waals surface area contributed by atoms with Crippen LogP contribution in [0.3, 0.4) is 0 Å². The third-order valence-corrected chi connectivity index (χ3v) is 2.45. The van der Waals surface area contributed by atoms with Gasteiger partial charge in [-0.1, -0.05) is 0 Å². The van der Waals surface area contributed by atoms with Crippen molar-refractivity contribution >= 4 is 0 Å². The first-order chi connectivity index (χ1) is 7.52. The lowest BCUT2D eigenvalue weighted by molar-refractivity contribution is 0.0981. The van der Waals surface area contributed by atoms with Gasteiger partial charge in [0, 0.05) is 13.1 Å². The summed E-state index contributed by atoms with van der Waals surface area (Å²) in [5.41, 5.74) is 0. The van der Waals surface area contributed by atoms with E-state index in [4.69, 9.17) is 4.74 Å². The van der Waals surface area contributed by atoms with Crippen LogP contribution < -0.4 is 0 Å². The van der Waals surface area contributed by atoms with Gasteiger partial charge >= 0.3 is 0 Å². The molecule has 0 unspecified atom stereocenters. The molecule has 98 valence electrons. The van der Waals surface area contributed by atoms with E-state index >= 15 is 0 Å². The Bertz CT molecular complexity index is 151. The van der Waals surface area contributed by atoms with Gasteiger partial charge in [-0.15, -0.1) is 0 Å². The van der Waals surface area contributed by atoms with Crippen molar-refractivity contribution in [3.63, 3.8) is 0 Å². The zero-order valence-corrected chi connectivity index (χ0v) is 11.7. The van der Waals surface area contributed by atoms with Gasteiger partial charge in [-0.05, 0) is 54.7 Å². The molecule has 0 aromatic rings. The standard InChI is InChI=1S/C12H29N3O/c1-13(2)7-6-8-15(5)10-12-16-11-9-14(3)4/h6-12H2,1-5H3. The van der Waals surface area contributed by atoms with E-state index in [1.807, 2.05) is 0 Å². The van der Waals surface area contributed by atoms with E-state index in [-0.39, 0.29) is 0 Å². The third kappa shape index (κ3) is 11.9. The van der Waals surface area contributed by atoms with Crippen molar-refractivity contribution in [1.82, 2.24) is 14.7 Å². The first-order valence-electron chi connectivity index (χ1n) is 6.08. The Labute approximate surface area is 101 Å². The van der Waals surface area contributed by atoms with Gasteiger partial charge in [0.1, 0.15) is 0 Å². The number of likely N-dealkylation sites (N-methyl/N-ethyl adjacent to an activating group) is 2. The second kappa shape index (κ2) is 10.0. The molecule has 0 aromatic carbocycles. The highest BCUT2D eigenvalue weighted by molar-refractivity contribution is 4.53. The molecule has 0 aliphatic carbocycles. The van der Waals surface area contributed by atoms with Crippen molar-refractivity contribution in [3.8, 4) is 0 Å². The number of hydrogen-bond acceptors (Lipinski definition) is 4. The van der Waals surface area contributed by atoms with Crippen molar-refractivity contribution in [2.24, 2.45) is 0 Å². The molecule has 0 atom stereocenters. The number of nitrogens with zero attached hydrogens (tertiary/aromatic N) is 3. The highest BCUT2D eigenvalue weighted by Gasteiger charge is 1.99. The summed E-state index contributed by atoms with van der Waals surface area (Å²) in [5.74, 6) is 0. The van der Waals surface area contributed by atoms with Crippen molar-refractivity contribution in [1.29, 1.82) is 0 Å². The molecule has 0 fully saturated rings. The number of ether oxygens (including phenoxy) is 1. The van der Waals surface area contributed by atoms with Crippen LogP contribution in [0.1, 0.15) is 6.42 Å². The van der Waals surface area contributed by atoms with E-state index in [0.29, 0.717) is 0 Å². The molecule has 0 aliphatic heterocycles. The largest absolute Gasteiger partial charge is 0.379 e. The maximum Gasteiger partial charge on any atom is 0.0593 e. The first-order valence-corrected chi connectivity index (χ1v) is 6.08. The predicted molar refractivity (Wildman–Crippen MR) is 70.0 cm³/mol. The Morgan fingerprint density at radius 2 is 1.25 bits per heavy atom. The van der Waals surface area contributed by atoms with Crippen molar-refractivity contribution in [2.75, 3.05) is 74.6 Å². The van der Waals surface area contributed by atoms with Crippen LogP contribution in [0.25, 0.3) is 0 Å². The Morgan fingerprint density at radius 1 is 0.688 bits per heavy atom. The summed E-state index contributed by atoms with van der Waals surface area (Å²) in [5, 5.41) is 0. The zero-order valence-electron chi connectivity index (χ0n) is 11.7. The summed E-state index contributed by atoms with van der Waals surface area (Å²) < 4.78 is 5.55. The maximum atomic E-state index is 5.55. The average Bonchev–Trinajstić information content (AvgIpc) is 2.16. The second-order valence-electron chi connectivity index (χ2n) is 4.88. The lowest BCUT2D eigenvalue weighted by Crippen LogP contribution is -2.28. The molecule has 0 aromatic heterocycles. The van der Waals surface area contributed by atoms with E-state index in [0.717, 1.165) is 39.4 Å². The quantitative estimate of drug-likeness (QED) is 0.508. The van der Waals surface area contributed by atoms with Crippen molar-refractivity contribution in [2.45, 2.75) is 6.42 Å². The molecule has 16 heavy (non-hydrogen) atoms. The van der Waals surface area contributed by atoms with Gasteiger partial charge in [0.05, 0.1) is 13.2 Å². The Morgan fingerprint density at radius 3 is 1.81 bits per heavy atom. The molecular weight excluding hydrogens is 202 g/mol. The fourth-order valence-electron chi connectivity index (χ4n) is 1.34. The van der Waals surface area contributed by atoms with Gasteiger partial charge in [-0.25, -0.2) is 0 Å². The van der Waals surface area contributed by atoms with Gasteiger partial charge in [-0.2, -0.15) is 0 Å². The molecule has 0 N–H and O–H groups in total. The highest BCUT2D eigenvalue weighted by atomic mass is 16.5. The van der Waals surface area contributed by atoms with Crippen molar-refractivity contribution < 1.29 is 4.74 Å². The zero-order chi connectivity index (χ0) is 12.4. The van der Waals surface area contributed by atoms with Gasteiger partial charge in [0.25, 0.3) is 0 Å². The van der Waals surface area contributed by atoms with E-state index in [1.54, 1.807) is 0 Å². The van der Waals surface area contributed by atoms with Gasteiger partial charge in [-0.3, -0.25) is 0 Å².